The highest BCUT2D eigenvalue weighted by atomic mass is 16.6. The molecule has 0 amide bonds. The summed E-state index contributed by atoms with van der Waals surface area (Å²) >= 11 is 0. The molecule has 0 spiro atoms. The number of carbonyl (C=O) groups excluding carboxylic acids is 1. The average molecular weight is 290 g/mol. The molecule has 0 saturated carbocycles. The van der Waals surface area contributed by atoms with Crippen LogP contribution >= 0.6 is 0 Å². The number of methoxy groups -OCH3 is 3. The first kappa shape index (κ1) is 15.0. The second-order valence-corrected chi connectivity index (χ2v) is 4.72. The summed E-state index contributed by atoms with van der Waals surface area (Å²) in [5.41, 5.74) is -0.00842. The Morgan fingerprint density at radius 2 is 1.71 bits per heavy atom. The second-order valence-electron chi connectivity index (χ2n) is 4.72. The molecular weight excluding hydrogens is 272 g/mol. The van der Waals surface area contributed by atoms with Gasteiger partial charge in [-0.1, -0.05) is 0 Å². The van der Waals surface area contributed by atoms with Crippen molar-refractivity contribution in [2.45, 2.75) is 12.5 Å². The minimum absolute atomic E-state index is 0.351. The van der Waals surface area contributed by atoms with Crippen molar-refractivity contribution >= 4 is 12.0 Å². The van der Waals surface area contributed by atoms with E-state index >= 15 is 0 Å². The highest BCUT2D eigenvalue weighted by Gasteiger charge is 2.27. The number of esters is 1. The van der Waals surface area contributed by atoms with E-state index in [1.54, 1.807) is 58.6 Å². The zero-order valence-corrected chi connectivity index (χ0v) is 12.5. The molecule has 2 rings (SSSR count). The van der Waals surface area contributed by atoms with Crippen molar-refractivity contribution in [3.05, 3.63) is 35.9 Å². The lowest BCUT2D eigenvalue weighted by molar-refractivity contribution is -0.141. The van der Waals surface area contributed by atoms with Crippen molar-refractivity contribution in [3.63, 3.8) is 0 Å². The average Bonchev–Trinajstić information content (AvgIpc) is 2.83. The topological polar surface area (TPSA) is 54.0 Å². The van der Waals surface area contributed by atoms with E-state index in [1.807, 2.05) is 0 Å². The quantitative estimate of drug-likeness (QED) is 0.780. The summed E-state index contributed by atoms with van der Waals surface area (Å²) in [4.78, 5) is 11.2. The zero-order valence-electron chi connectivity index (χ0n) is 12.5. The van der Waals surface area contributed by atoms with Crippen molar-refractivity contribution in [1.29, 1.82) is 0 Å². The third kappa shape index (κ3) is 3.18. The number of ether oxygens (including phenoxy) is 4. The van der Waals surface area contributed by atoms with Crippen LogP contribution in [0.2, 0.25) is 0 Å². The minimum Gasteiger partial charge on any atom is -0.496 e. The first-order valence-corrected chi connectivity index (χ1v) is 6.43. The van der Waals surface area contributed by atoms with Gasteiger partial charge >= 0.3 is 5.97 Å². The minimum atomic E-state index is -0.757. The highest BCUT2D eigenvalue weighted by Crippen LogP contribution is 2.36. The Morgan fingerprint density at radius 3 is 2.14 bits per heavy atom. The van der Waals surface area contributed by atoms with Crippen molar-refractivity contribution in [1.82, 2.24) is 0 Å². The molecule has 5 heteroatoms. The number of hydrogen-bond acceptors (Lipinski definition) is 5. The van der Waals surface area contributed by atoms with E-state index in [0.29, 0.717) is 17.2 Å². The Hall–Kier alpha value is -2.43. The first-order chi connectivity index (χ1) is 10.0. The predicted molar refractivity (Wildman–Crippen MR) is 78.8 cm³/mol. The van der Waals surface area contributed by atoms with Crippen LogP contribution in [0.5, 0.6) is 17.2 Å². The van der Waals surface area contributed by atoms with Gasteiger partial charge in [-0.05, 0) is 25.2 Å². The van der Waals surface area contributed by atoms with Crippen molar-refractivity contribution in [2.75, 3.05) is 21.3 Å². The fourth-order valence-corrected chi connectivity index (χ4v) is 2.05. The van der Waals surface area contributed by atoms with Crippen LogP contribution in [0.25, 0.3) is 6.08 Å². The molecule has 0 saturated heterocycles. The van der Waals surface area contributed by atoms with Crippen LogP contribution in [-0.2, 0) is 9.53 Å². The maximum Gasteiger partial charge on any atom is 0.331 e. The maximum absolute atomic E-state index is 11.2. The molecule has 0 aliphatic carbocycles. The van der Waals surface area contributed by atoms with Crippen molar-refractivity contribution < 1.29 is 23.7 Å². The molecule has 0 N–H and O–H groups in total. The van der Waals surface area contributed by atoms with Gasteiger partial charge in [-0.25, -0.2) is 4.79 Å². The van der Waals surface area contributed by atoms with Crippen LogP contribution in [0.1, 0.15) is 12.5 Å². The van der Waals surface area contributed by atoms with Crippen LogP contribution in [0, 0.1) is 0 Å². The van der Waals surface area contributed by atoms with E-state index in [1.165, 1.54) is 6.08 Å². The summed E-state index contributed by atoms with van der Waals surface area (Å²) < 4.78 is 21.1. The van der Waals surface area contributed by atoms with Gasteiger partial charge in [-0.3, -0.25) is 0 Å². The van der Waals surface area contributed by atoms with E-state index in [-0.39, 0.29) is 5.97 Å². The molecule has 0 bridgehead atoms. The summed E-state index contributed by atoms with van der Waals surface area (Å²) in [6, 6.07) is 3.53. The maximum atomic E-state index is 11.2. The van der Waals surface area contributed by atoms with Gasteiger partial charge in [-0.15, -0.1) is 0 Å². The molecule has 1 atom stereocenters. The van der Waals surface area contributed by atoms with Gasteiger partial charge in [0.2, 0.25) is 0 Å². The molecule has 1 aliphatic rings. The van der Waals surface area contributed by atoms with Crippen LogP contribution < -0.4 is 14.2 Å². The summed E-state index contributed by atoms with van der Waals surface area (Å²) in [6.07, 6.45) is 6.70. The SMILES string of the molecule is COc1cc(OC)c(/C=C/C2(C)C=CC(=O)O2)c(OC)c1. The molecule has 1 aromatic carbocycles. The summed E-state index contributed by atoms with van der Waals surface area (Å²) in [7, 11) is 4.72. The number of benzene rings is 1. The molecular formula is C16H18O5. The highest BCUT2D eigenvalue weighted by molar-refractivity contribution is 5.86. The number of rotatable bonds is 5. The molecule has 112 valence electrons. The molecule has 1 unspecified atom stereocenters. The van der Waals surface area contributed by atoms with Crippen LogP contribution in [0.4, 0.5) is 0 Å². The lowest BCUT2D eigenvalue weighted by Gasteiger charge is -2.17. The second kappa shape index (κ2) is 5.91. The van der Waals surface area contributed by atoms with Gasteiger partial charge in [0.15, 0.2) is 0 Å². The van der Waals surface area contributed by atoms with Crippen molar-refractivity contribution in [2.24, 2.45) is 0 Å². The molecule has 0 radical (unpaired) electrons. The molecule has 5 nitrogen and oxygen atoms in total. The van der Waals surface area contributed by atoms with E-state index in [4.69, 9.17) is 18.9 Å². The molecule has 1 heterocycles. The third-order valence-corrected chi connectivity index (χ3v) is 3.20. The molecule has 1 aliphatic heterocycles. The molecule has 0 fully saturated rings. The van der Waals surface area contributed by atoms with E-state index in [2.05, 4.69) is 0 Å². The molecule has 1 aromatic rings. The van der Waals surface area contributed by atoms with Crippen LogP contribution in [0.3, 0.4) is 0 Å². The number of carbonyl (C=O) groups is 1. The lowest BCUT2D eigenvalue weighted by Crippen LogP contribution is -2.20. The Morgan fingerprint density at radius 1 is 1.10 bits per heavy atom. The van der Waals surface area contributed by atoms with Crippen LogP contribution in [-0.4, -0.2) is 32.9 Å². The number of cyclic esters (lactones) is 1. The fraction of sp³-hybridized carbons (Fsp3) is 0.312. The van der Waals surface area contributed by atoms with Gasteiger partial charge in [-0.2, -0.15) is 0 Å². The fourth-order valence-electron chi connectivity index (χ4n) is 2.05. The Labute approximate surface area is 123 Å². The van der Waals surface area contributed by atoms with E-state index in [0.717, 1.165) is 5.56 Å². The molecule has 0 aromatic heterocycles. The Bertz CT molecular complexity index is 578. The third-order valence-electron chi connectivity index (χ3n) is 3.20. The van der Waals surface area contributed by atoms with Gasteiger partial charge in [0.1, 0.15) is 22.8 Å². The van der Waals surface area contributed by atoms with Gasteiger partial charge in [0.25, 0.3) is 0 Å². The predicted octanol–water partition coefficient (Wildman–Crippen LogP) is 2.60. The smallest absolute Gasteiger partial charge is 0.331 e. The summed E-state index contributed by atoms with van der Waals surface area (Å²) in [5, 5.41) is 0. The zero-order chi connectivity index (χ0) is 15.5. The van der Waals surface area contributed by atoms with Gasteiger partial charge in [0, 0.05) is 18.2 Å². The lowest BCUT2D eigenvalue weighted by atomic mass is 10.0. The standard InChI is InChI=1S/C16H18O5/c1-16(8-6-15(17)21-16)7-5-12-13(19-3)9-11(18-2)10-14(12)20-4/h5-10H,1-4H3/b7-5+. The first-order valence-electron chi connectivity index (χ1n) is 6.43. The van der Waals surface area contributed by atoms with E-state index < -0.39 is 5.60 Å². The monoisotopic (exact) mass is 290 g/mol. The summed E-state index contributed by atoms with van der Waals surface area (Å²) in [5.74, 6) is 1.51. The Kier molecular flexibility index (Phi) is 4.21. The Balaban J connectivity index is 2.39. The van der Waals surface area contributed by atoms with Crippen molar-refractivity contribution in [3.8, 4) is 17.2 Å². The molecule has 21 heavy (non-hydrogen) atoms. The van der Waals surface area contributed by atoms with Gasteiger partial charge < -0.3 is 18.9 Å². The largest absolute Gasteiger partial charge is 0.496 e. The van der Waals surface area contributed by atoms with E-state index in [9.17, 15) is 4.79 Å². The summed E-state index contributed by atoms with van der Waals surface area (Å²) in [6.45, 7) is 1.80. The normalized spacial score (nSPS) is 20.7. The van der Waals surface area contributed by atoms with Crippen LogP contribution in [0.15, 0.2) is 30.4 Å². The number of hydrogen-bond donors (Lipinski definition) is 0. The van der Waals surface area contributed by atoms with Gasteiger partial charge in [0.05, 0.1) is 26.9 Å².